The topological polar surface area (TPSA) is 118 Å². The van der Waals surface area contributed by atoms with Crippen LogP contribution in [0.15, 0.2) is 18.5 Å². The molecule has 0 saturated carbocycles. The number of nitrogens with two attached hydrogens (primary N) is 1. The molecule has 3 aromatic heterocycles. The number of H-pyrrole nitrogens is 1. The number of halogens is 1. The summed E-state index contributed by atoms with van der Waals surface area (Å²) in [5.74, 6) is 1.81. The van der Waals surface area contributed by atoms with E-state index in [4.69, 9.17) is 15.5 Å². The van der Waals surface area contributed by atoms with Crippen molar-refractivity contribution in [3.8, 4) is 11.8 Å². The first kappa shape index (κ1) is 21.3. The second kappa shape index (κ2) is 8.11. The summed E-state index contributed by atoms with van der Waals surface area (Å²) >= 11 is 0. The lowest BCUT2D eigenvalue weighted by atomic mass is 10.0. The second-order valence-corrected chi connectivity index (χ2v) is 8.51. The molecule has 4 aromatic rings. The molecule has 9 nitrogen and oxygen atoms in total. The maximum absolute atomic E-state index is 14.8. The lowest BCUT2D eigenvalue weighted by molar-refractivity contribution is 0.439. The van der Waals surface area contributed by atoms with Crippen molar-refractivity contribution >= 4 is 33.4 Å². The molecule has 0 amide bonds. The van der Waals surface area contributed by atoms with Gasteiger partial charge in [0.15, 0.2) is 5.75 Å². The van der Waals surface area contributed by atoms with E-state index in [1.165, 1.54) is 6.07 Å². The summed E-state index contributed by atoms with van der Waals surface area (Å²) in [5, 5.41) is 4.58. The van der Waals surface area contributed by atoms with Gasteiger partial charge in [-0.2, -0.15) is 9.97 Å². The number of ether oxygens (including phenoxy) is 1. The van der Waals surface area contributed by atoms with Crippen molar-refractivity contribution in [2.75, 3.05) is 30.4 Å². The highest BCUT2D eigenvalue weighted by Gasteiger charge is 2.32. The van der Waals surface area contributed by atoms with Gasteiger partial charge in [0.05, 0.1) is 29.0 Å². The van der Waals surface area contributed by atoms with Crippen LogP contribution < -0.4 is 20.7 Å². The number of aromatic amines is 1. The van der Waals surface area contributed by atoms with Crippen molar-refractivity contribution in [3.05, 3.63) is 35.7 Å². The third-order valence-corrected chi connectivity index (χ3v) is 6.44. The molecule has 2 atom stereocenters. The number of hydrogen-bond donors (Lipinski definition) is 3. The third kappa shape index (κ3) is 3.60. The van der Waals surface area contributed by atoms with Crippen LogP contribution in [0, 0.1) is 25.6 Å². The Labute approximate surface area is 190 Å². The van der Waals surface area contributed by atoms with Gasteiger partial charge in [0, 0.05) is 31.6 Å². The SMILES string of the molecule is CCC1CN(c2nc(Oc3cnc(C)nc3)nc3[nH]c4c(NC)cc(F)c(C)c4c23)CC1N. The molecule has 1 aliphatic rings. The fourth-order valence-corrected chi connectivity index (χ4v) is 4.57. The van der Waals surface area contributed by atoms with Crippen LogP contribution in [-0.4, -0.2) is 51.1 Å². The number of rotatable bonds is 5. The van der Waals surface area contributed by atoms with Crippen LogP contribution in [0.2, 0.25) is 0 Å². The van der Waals surface area contributed by atoms with Crippen molar-refractivity contribution < 1.29 is 9.13 Å². The minimum atomic E-state index is -0.291. The number of nitrogens with one attached hydrogen (secondary N) is 2. The Hall–Kier alpha value is -3.53. The molecule has 1 fully saturated rings. The molecule has 1 saturated heterocycles. The van der Waals surface area contributed by atoms with Crippen molar-refractivity contribution in [2.24, 2.45) is 11.7 Å². The third-order valence-electron chi connectivity index (χ3n) is 6.44. The van der Waals surface area contributed by atoms with Crippen molar-refractivity contribution in [3.63, 3.8) is 0 Å². The van der Waals surface area contributed by atoms with Gasteiger partial charge in [-0.3, -0.25) is 0 Å². The highest BCUT2D eigenvalue weighted by Crippen LogP contribution is 2.40. The minimum Gasteiger partial charge on any atom is -0.421 e. The number of anilines is 2. The van der Waals surface area contributed by atoms with Gasteiger partial charge in [0.25, 0.3) is 0 Å². The van der Waals surface area contributed by atoms with E-state index in [0.717, 1.165) is 29.3 Å². The molecule has 0 bridgehead atoms. The fraction of sp³-hybridized carbons (Fsp3) is 0.391. The molecule has 2 unspecified atom stereocenters. The van der Waals surface area contributed by atoms with E-state index in [2.05, 4.69) is 37.1 Å². The van der Waals surface area contributed by atoms with E-state index < -0.39 is 0 Å². The molecule has 0 spiro atoms. The van der Waals surface area contributed by atoms with Gasteiger partial charge >= 0.3 is 6.01 Å². The zero-order valence-corrected chi connectivity index (χ0v) is 19.1. The molecular weight excluding hydrogens is 423 g/mol. The van der Waals surface area contributed by atoms with Gasteiger partial charge in [-0.25, -0.2) is 14.4 Å². The van der Waals surface area contributed by atoms with E-state index in [1.54, 1.807) is 33.3 Å². The molecule has 4 heterocycles. The fourth-order valence-electron chi connectivity index (χ4n) is 4.57. The first-order valence-corrected chi connectivity index (χ1v) is 11.1. The summed E-state index contributed by atoms with van der Waals surface area (Å²) < 4.78 is 20.7. The predicted octanol–water partition coefficient (Wildman–Crippen LogP) is 3.66. The second-order valence-electron chi connectivity index (χ2n) is 8.51. The lowest BCUT2D eigenvalue weighted by Crippen LogP contribution is -2.29. The van der Waals surface area contributed by atoms with E-state index in [1.807, 2.05) is 0 Å². The van der Waals surface area contributed by atoms with Crippen LogP contribution in [0.3, 0.4) is 0 Å². The maximum Gasteiger partial charge on any atom is 0.326 e. The Morgan fingerprint density at radius 2 is 1.97 bits per heavy atom. The number of benzene rings is 1. The van der Waals surface area contributed by atoms with Crippen molar-refractivity contribution in [1.82, 2.24) is 24.9 Å². The summed E-state index contributed by atoms with van der Waals surface area (Å²) in [6.45, 7) is 7.12. The van der Waals surface area contributed by atoms with Crippen LogP contribution >= 0.6 is 0 Å². The highest BCUT2D eigenvalue weighted by molar-refractivity contribution is 6.16. The van der Waals surface area contributed by atoms with Crippen LogP contribution in [0.1, 0.15) is 24.7 Å². The molecule has 5 rings (SSSR count). The molecule has 1 aromatic carbocycles. The molecule has 4 N–H and O–H groups in total. The van der Waals surface area contributed by atoms with Gasteiger partial charge < -0.3 is 25.7 Å². The molecular formula is C23H27FN8O. The average Bonchev–Trinajstić information content (AvgIpc) is 3.38. The predicted molar refractivity (Wildman–Crippen MR) is 126 cm³/mol. The molecule has 10 heteroatoms. The normalized spacial score (nSPS) is 18.4. The zero-order chi connectivity index (χ0) is 23.3. The lowest BCUT2D eigenvalue weighted by Gasteiger charge is -2.19. The summed E-state index contributed by atoms with van der Waals surface area (Å²) in [7, 11) is 1.76. The Bertz CT molecular complexity index is 1340. The van der Waals surface area contributed by atoms with Crippen molar-refractivity contribution in [2.45, 2.75) is 33.2 Å². The monoisotopic (exact) mass is 450 g/mol. The number of aromatic nitrogens is 5. The van der Waals surface area contributed by atoms with E-state index in [0.29, 0.717) is 46.8 Å². The minimum absolute atomic E-state index is 0.0331. The van der Waals surface area contributed by atoms with E-state index in [-0.39, 0.29) is 17.9 Å². The van der Waals surface area contributed by atoms with Gasteiger partial charge in [-0.05, 0) is 31.4 Å². The van der Waals surface area contributed by atoms with Gasteiger partial charge in [-0.1, -0.05) is 13.3 Å². The smallest absolute Gasteiger partial charge is 0.326 e. The Kier molecular flexibility index (Phi) is 5.24. The maximum atomic E-state index is 14.8. The quantitative estimate of drug-likeness (QED) is 0.422. The molecule has 0 radical (unpaired) electrons. The molecule has 172 valence electrons. The summed E-state index contributed by atoms with van der Waals surface area (Å²) in [6.07, 6.45) is 4.14. The first-order chi connectivity index (χ1) is 15.9. The zero-order valence-electron chi connectivity index (χ0n) is 19.1. The van der Waals surface area contributed by atoms with Crippen LogP contribution in [0.5, 0.6) is 11.8 Å². The van der Waals surface area contributed by atoms with E-state index >= 15 is 0 Å². The Morgan fingerprint density at radius 3 is 2.64 bits per heavy atom. The van der Waals surface area contributed by atoms with Gasteiger partial charge in [0.1, 0.15) is 23.1 Å². The Balaban J connectivity index is 1.74. The molecule has 0 aliphatic carbocycles. The standard InChI is InChI=1S/C23H27FN8O/c1-5-13-9-32(10-16(13)25)22-19-18-11(2)15(24)6-17(26-4)20(18)29-21(19)30-23(31-22)33-14-7-27-12(3)28-8-14/h6-8,13,16,26H,5,9-10,25H2,1-4H3,(H,29,30,31). The summed E-state index contributed by atoms with van der Waals surface area (Å²) in [4.78, 5) is 23.2. The van der Waals surface area contributed by atoms with Crippen molar-refractivity contribution in [1.29, 1.82) is 0 Å². The number of aryl methyl sites for hydroxylation is 2. The van der Waals surface area contributed by atoms with Gasteiger partial charge in [-0.15, -0.1) is 0 Å². The molecule has 1 aliphatic heterocycles. The van der Waals surface area contributed by atoms with Gasteiger partial charge in [0.2, 0.25) is 0 Å². The van der Waals surface area contributed by atoms with Crippen LogP contribution in [0.25, 0.3) is 21.9 Å². The van der Waals surface area contributed by atoms with E-state index in [9.17, 15) is 4.39 Å². The number of nitrogens with zero attached hydrogens (tertiary/aromatic N) is 5. The average molecular weight is 451 g/mol. The Morgan fingerprint density at radius 1 is 1.21 bits per heavy atom. The van der Waals surface area contributed by atoms with Crippen LogP contribution in [0.4, 0.5) is 15.9 Å². The molecule has 33 heavy (non-hydrogen) atoms. The summed E-state index contributed by atoms with van der Waals surface area (Å²) in [5.41, 5.74) is 8.94. The number of fused-ring (bicyclic) bond motifs is 3. The largest absolute Gasteiger partial charge is 0.421 e. The first-order valence-electron chi connectivity index (χ1n) is 11.1. The number of hydrogen-bond acceptors (Lipinski definition) is 8. The van der Waals surface area contributed by atoms with Crippen LogP contribution in [-0.2, 0) is 0 Å². The highest BCUT2D eigenvalue weighted by atomic mass is 19.1. The summed E-state index contributed by atoms with van der Waals surface area (Å²) in [6, 6.07) is 1.68.